The van der Waals surface area contributed by atoms with E-state index in [-0.39, 0.29) is 25.2 Å². The molecule has 2 N–H and O–H groups in total. The molecule has 2 fully saturated rings. The third-order valence-corrected chi connectivity index (χ3v) is 5.48. The Balaban J connectivity index is 1.50. The summed E-state index contributed by atoms with van der Waals surface area (Å²) in [5.41, 5.74) is -0.285. The van der Waals surface area contributed by atoms with Crippen LogP contribution in [0.15, 0.2) is 18.2 Å². The van der Waals surface area contributed by atoms with Crippen LogP contribution in [-0.2, 0) is 17.5 Å². The van der Waals surface area contributed by atoms with Crippen LogP contribution in [0.2, 0.25) is 5.02 Å². The van der Waals surface area contributed by atoms with Gasteiger partial charge in [0.1, 0.15) is 0 Å². The number of aliphatic carboxylic acids is 1. The second-order valence-electron chi connectivity index (χ2n) is 7.27. The molecule has 0 amide bonds. The highest BCUT2D eigenvalue weighted by molar-refractivity contribution is 6.31. The molecule has 0 aliphatic heterocycles. The summed E-state index contributed by atoms with van der Waals surface area (Å²) < 4.78 is 38.4. The van der Waals surface area contributed by atoms with Crippen LogP contribution in [0.4, 0.5) is 13.2 Å². The highest BCUT2D eigenvalue weighted by Crippen LogP contribution is 2.34. The van der Waals surface area contributed by atoms with Gasteiger partial charge in [0, 0.05) is 30.2 Å². The molecule has 2 aliphatic rings. The van der Waals surface area contributed by atoms with Crippen LogP contribution in [0.3, 0.4) is 0 Å². The first-order chi connectivity index (χ1) is 12.2. The monoisotopic (exact) mass is 390 g/mol. The van der Waals surface area contributed by atoms with Crippen LogP contribution in [0.5, 0.6) is 0 Å². The first kappa shape index (κ1) is 19.5. The number of benzene rings is 1. The minimum Gasteiger partial charge on any atom is -0.480 e. The van der Waals surface area contributed by atoms with Crippen LogP contribution >= 0.6 is 11.6 Å². The van der Waals surface area contributed by atoms with Crippen LogP contribution in [-0.4, -0.2) is 41.1 Å². The predicted molar refractivity (Wildman–Crippen MR) is 92.0 cm³/mol. The summed E-state index contributed by atoms with van der Waals surface area (Å²) in [7, 11) is 0. The molecule has 1 aromatic carbocycles. The molecule has 0 spiro atoms. The van der Waals surface area contributed by atoms with Crippen LogP contribution < -0.4 is 5.32 Å². The van der Waals surface area contributed by atoms with Crippen molar-refractivity contribution in [2.45, 2.75) is 50.5 Å². The quantitative estimate of drug-likeness (QED) is 0.709. The summed E-state index contributed by atoms with van der Waals surface area (Å²) in [6.45, 7) is 1.14. The highest BCUT2D eigenvalue weighted by Gasteiger charge is 2.37. The zero-order valence-corrected chi connectivity index (χ0v) is 15.0. The SMILES string of the molecule is O=C(O)CN(CC1CC1)C1CC(NCc2cc(C(F)(F)F)ccc2Cl)C1. The Bertz CT molecular complexity index is 658. The first-order valence-corrected chi connectivity index (χ1v) is 9.15. The van der Waals surface area contributed by atoms with Gasteiger partial charge in [-0.05, 0) is 55.4 Å². The lowest BCUT2D eigenvalue weighted by molar-refractivity contribution is -0.140. The van der Waals surface area contributed by atoms with E-state index in [1.807, 2.05) is 4.90 Å². The summed E-state index contributed by atoms with van der Waals surface area (Å²) in [5, 5.41) is 12.6. The van der Waals surface area contributed by atoms with Gasteiger partial charge in [0.15, 0.2) is 0 Å². The minimum atomic E-state index is -4.39. The van der Waals surface area contributed by atoms with E-state index in [0.717, 1.165) is 31.5 Å². The maximum Gasteiger partial charge on any atom is 0.416 e. The largest absolute Gasteiger partial charge is 0.480 e. The summed E-state index contributed by atoms with van der Waals surface area (Å²) >= 11 is 6.01. The minimum absolute atomic E-state index is 0.0490. The van der Waals surface area contributed by atoms with Gasteiger partial charge < -0.3 is 10.4 Å². The number of carboxylic acid groups (broad SMARTS) is 1. The van der Waals surface area contributed by atoms with Crippen LogP contribution in [0.25, 0.3) is 0 Å². The molecule has 0 saturated heterocycles. The second kappa shape index (κ2) is 7.74. The standard InChI is InChI=1S/C18H22ClF3N2O2/c19-16-4-3-13(18(20,21)22)5-12(16)8-23-14-6-15(7-14)24(10-17(25)26)9-11-1-2-11/h3-5,11,14-15,23H,1-2,6-10H2,(H,25,26). The average molecular weight is 391 g/mol. The fraction of sp³-hybridized carbons (Fsp3) is 0.611. The predicted octanol–water partition coefficient (Wildman–Crippen LogP) is 3.78. The molecular weight excluding hydrogens is 369 g/mol. The van der Waals surface area contributed by atoms with Gasteiger partial charge >= 0.3 is 12.1 Å². The number of rotatable bonds is 8. The lowest BCUT2D eigenvalue weighted by Gasteiger charge is -2.43. The average Bonchev–Trinajstić information content (AvgIpc) is 3.29. The molecule has 0 bridgehead atoms. The molecule has 0 atom stereocenters. The molecule has 1 aromatic rings. The van der Waals surface area contributed by atoms with E-state index in [1.165, 1.54) is 18.9 Å². The Morgan fingerprint density at radius 1 is 1.31 bits per heavy atom. The molecule has 0 radical (unpaired) electrons. The first-order valence-electron chi connectivity index (χ1n) is 8.77. The Hall–Kier alpha value is -1.31. The van der Waals surface area contributed by atoms with Gasteiger partial charge in [-0.3, -0.25) is 9.69 Å². The van der Waals surface area contributed by atoms with Crippen molar-refractivity contribution in [1.82, 2.24) is 10.2 Å². The molecule has 4 nitrogen and oxygen atoms in total. The Kier molecular flexibility index (Phi) is 5.79. The summed E-state index contributed by atoms with van der Waals surface area (Å²) in [6, 6.07) is 3.72. The fourth-order valence-corrected chi connectivity index (χ4v) is 3.53. The van der Waals surface area contributed by atoms with E-state index in [4.69, 9.17) is 16.7 Å². The summed E-state index contributed by atoms with van der Waals surface area (Å²) in [4.78, 5) is 13.1. The van der Waals surface area contributed by atoms with Gasteiger partial charge in [-0.1, -0.05) is 11.6 Å². The van der Waals surface area contributed by atoms with Crippen molar-refractivity contribution in [2.75, 3.05) is 13.1 Å². The van der Waals surface area contributed by atoms with Crippen LogP contribution in [0, 0.1) is 5.92 Å². The molecule has 0 aromatic heterocycles. The maximum absolute atomic E-state index is 12.8. The number of halogens is 4. The lowest BCUT2D eigenvalue weighted by atomic mass is 9.85. The number of nitrogens with zero attached hydrogens (tertiary/aromatic N) is 1. The zero-order chi connectivity index (χ0) is 18.9. The fourth-order valence-electron chi connectivity index (χ4n) is 3.34. The van der Waals surface area contributed by atoms with E-state index in [1.54, 1.807) is 0 Å². The maximum atomic E-state index is 12.8. The Morgan fingerprint density at radius 3 is 2.58 bits per heavy atom. The van der Waals surface area contributed by atoms with Crippen molar-refractivity contribution in [1.29, 1.82) is 0 Å². The number of carbonyl (C=O) groups is 1. The molecular formula is C18H22ClF3N2O2. The van der Waals surface area contributed by atoms with E-state index in [0.29, 0.717) is 16.5 Å². The van der Waals surface area contributed by atoms with Gasteiger partial charge in [0.2, 0.25) is 0 Å². The third kappa shape index (κ3) is 5.11. The smallest absolute Gasteiger partial charge is 0.416 e. The number of hydrogen-bond acceptors (Lipinski definition) is 3. The molecule has 144 valence electrons. The lowest BCUT2D eigenvalue weighted by Crippen LogP contribution is -2.54. The topological polar surface area (TPSA) is 52.6 Å². The molecule has 0 heterocycles. The molecule has 2 aliphatic carbocycles. The third-order valence-electron chi connectivity index (χ3n) is 5.11. The number of alkyl halides is 3. The van der Waals surface area contributed by atoms with Crippen molar-refractivity contribution in [3.8, 4) is 0 Å². The molecule has 2 saturated carbocycles. The van der Waals surface area contributed by atoms with E-state index >= 15 is 0 Å². The second-order valence-corrected chi connectivity index (χ2v) is 7.68. The van der Waals surface area contributed by atoms with E-state index < -0.39 is 17.7 Å². The number of carboxylic acids is 1. The Morgan fingerprint density at radius 2 is 2.00 bits per heavy atom. The summed E-state index contributed by atoms with van der Waals surface area (Å²) in [5.74, 6) is -0.205. The van der Waals surface area contributed by atoms with Gasteiger partial charge in [-0.15, -0.1) is 0 Å². The van der Waals surface area contributed by atoms with Gasteiger partial charge in [0.05, 0.1) is 12.1 Å². The van der Waals surface area contributed by atoms with Crippen molar-refractivity contribution >= 4 is 17.6 Å². The van der Waals surface area contributed by atoms with Gasteiger partial charge in [0.25, 0.3) is 0 Å². The molecule has 26 heavy (non-hydrogen) atoms. The normalized spacial score (nSPS) is 23.1. The van der Waals surface area contributed by atoms with Crippen molar-refractivity contribution < 1.29 is 23.1 Å². The van der Waals surface area contributed by atoms with E-state index in [9.17, 15) is 18.0 Å². The number of hydrogen-bond donors (Lipinski definition) is 2. The zero-order valence-electron chi connectivity index (χ0n) is 14.2. The van der Waals surface area contributed by atoms with Crippen molar-refractivity contribution in [3.63, 3.8) is 0 Å². The van der Waals surface area contributed by atoms with Crippen molar-refractivity contribution in [3.05, 3.63) is 34.3 Å². The van der Waals surface area contributed by atoms with Gasteiger partial charge in [-0.25, -0.2) is 0 Å². The van der Waals surface area contributed by atoms with Crippen molar-refractivity contribution in [2.24, 2.45) is 5.92 Å². The van der Waals surface area contributed by atoms with Gasteiger partial charge in [-0.2, -0.15) is 13.2 Å². The van der Waals surface area contributed by atoms with Crippen LogP contribution in [0.1, 0.15) is 36.8 Å². The number of nitrogens with one attached hydrogen (secondary N) is 1. The van der Waals surface area contributed by atoms with E-state index in [2.05, 4.69) is 5.32 Å². The molecule has 3 rings (SSSR count). The highest BCUT2D eigenvalue weighted by atomic mass is 35.5. The molecule has 8 heteroatoms. The summed E-state index contributed by atoms with van der Waals surface area (Å²) in [6.07, 6.45) is -0.453. The Labute approximate surface area is 155 Å². The molecule has 0 unspecified atom stereocenters.